The molecule has 180 valence electrons. The maximum absolute atomic E-state index is 12.4. The monoisotopic (exact) mass is 472 g/mol. The predicted molar refractivity (Wildman–Crippen MR) is 112 cm³/mol. The van der Waals surface area contributed by atoms with Gasteiger partial charge in [0.15, 0.2) is 0 Å². The van der Waals surface area contributed by atoms with Crippen LogP contribution in [0.2, 0.25) is 0 Å². The van der Waals surface area contributed by atoms with Crippen LogP contribution in [0.5, 0.6) is 0 Å². The van der Waals surface area contributed by atoms with Crippen molar-refractivity contribution in [1.29, 1.82) is 0 Å². The maximum atomic E-state index is 12.4. The van der Waals surface area contributed by atoms with Crippen molar-refractivity contribution in [3.63, 3.8) is 0 Å². The van der Waals surface area contributed by atoms with Crippen LogP contribution in [0.15, 0.2) is 15.8 Å². The van der Waals surface area contributed by atoms with Crippen LogP contribution in [0.1, 0.15) is 37.5 Å². The summed E-state index contributed by atoms with van der Waals surface area (Å²) in [6.45, 7) is 9.60. The van der Waals surface area contributed by atoms with E-state index in [4.69, 9.17) is 9.47 Å². The number of ether oxygens (including phenoxy) is 2. The van der Waals surface area contributed by atoms with Crippen LogP contribution in [-0.2, 0) is 14.3 Å². The Morgan fingerprint density at radius 3 is 2.59 bits per heavy atom. The van der Waals surface area contributed by atoms with Crippen LogP contribution in [0, 0.1) is 6.92 Å². The molecule has 1 aromatic rings. The van der Waals surface area contributed by atoms with Gasteiger partial charge in [0.25, 0.3) is 5.56 Å². The molecule has 0 amide bonds. The number of piperazine rings is 3. The van der Waals surface area contributed by atoms with Crippen molar-refractivity contribution >= 4 is 5.97 Å². The fourth-order valence-corrected chi connectivity index (χ4v) is 4.97. The summed E-state index contributed by atoms with van der Waals surface area (Å²) < 4.78 is 13.8. The van der Waals surface area contributed by atoms with E-state index in [1.165, 1.54) is 54.5 Å². The summed E-state index contributed by atoms with van der Waals surface area (Å²) >= 11 is 0. The molecule has 11 heteroatoms. The first-order valence-corrected chi connectivity index (χ1v) is 11.2. The highest BCUT2D eigenvalue weighted by Gasteiger charge is 2.39. The van der Waals surface area contributed by atoms with Gasteiger partial charge in [0.1, 0.15) is 18.4 Å². The molecule has 3 atom stereocenters. The van der Waals surface area contributed by atoms with Gasteiger partial charge in [-0.2, -0.15) is 0 Å². The lowest BCUT2D eigenvalue weighted by atomic mass is 10.1. The van der Waals surface area contributed by atoms with Crippen molar-refractivity contribution in [3.8, 4) is 0 Å². The number of quaternary nitrogens is 1. The molecule has 32 heavy (non-hydrogen) atoms. The van der Waals surface area contributed by atoms with Crippen LogP contribution in [0.25, 0.3) is 0 Å². The smallest absolute Gasteiger partial charge is 0.330 e. The van der Waals surface area contributed by atoms with E-state index in [0.29, 0.717) is 12.0 Å². The molecular weight excluding hydrogens is 440 g/mol. The van der Waals surface area contributed by atoms with Gasteiger partial charge in [-0.1, -0.05) is 0 Å². The zero-order chi connectivity index (χ0) is 22.0. The minimum atomic E-state index is -0.702. The van der Waals surface area contributed by atoms with Crippen molar-refractivity contribution in [2.45, 2.75) is 51.0 Å². The van der Waals surface area contributed by atoms with Crippen molar-refractivity contribution < 1.29 is 36.3 Å². The SMILES string of the molecule is Cc1cn(C2CC(OC(=O)CCCC[N+]34CCN(CC3)CC4)C(CO)O2)c(=O)[nH]c1=O.[Cl-]. The first-order chi connectivity index (χ1) is 14.9. The minimum absolute atomic E-state index is 0. The van der Waals surface area contributed by atoms with Gasteiger partial charge in [0, 0.05) is 44.2 Å². The van der Waals surface area contributed by atoms with Crippen molar-refractivity contribution in [2.75, 3.05) is 52.4 Å². The number of aromatic nitrogens is 2. The Morgan fingerprint density at radius 1 is 1.25 bits per heavy atom. The van der Waals surface area contributed by atoms with Crippen LogP contribution >= 0.6 is 0 Å². The molecule has 5 heterocycles. The average Bonchev–Trinajstić information content (AvgIpc) is 3.17. The van der Waals surface area contributed by atoms with E-state index in [0.717, 1.165) is 19.4 Å². The number of aryl methyl sites for hydroxylation is 1. The normalized spacial score (nSPS) is 31.3. The van der Waals surface area contributed by atoms with E-state index in [1.54, 1.807) is 6.92 Å². The van der Waals surface area contributed by atoms with E-state index in [2.05, 4.69) is 9.88 Å². The zero-order valence-electron chi connectivity index (χ0n) is 18.5. The van der Waals surface area contributed by atoms with E-state index >= 15 is 0 Å². The third-order valence-electron chi connectivity index (χ3n) is 7.03. The summed E-state index contributed by atoms with van der Waals surface area (Å²) in [5, 5.41) is 9.63. The number of nitrogens with zero attached hydrogens (tertiary/aromatic N) is 3. The third kappa shape index (κ3) is 5.43. The van der Waals surface area contributed by atoms with Gasteiger partial charge >= 0.3 is 11.7 Å². The largest absolute Gasteiger partial charge is 1.00 e. The number of aliphatic hydroxyl groups is 1. The number of nitrogens with one attached hydrogen (secondary N) is 1. The second-order valence-corrected chi connectivity index (χ2v) is 9.09. The summed E-state index contributed by atoms with van der Waals surface area (Å²) in [6.07, 6.45) is 1.76. The number of hydrogen-bond donors (Lipinski definition) is 2. The Bertz CT molecular complexity index is 897. The molecule has 0 radical (unpaired) electrons. The first kappa shape index (κ1) is 24.9. The molecule has 2 N–H and O–H groups in total. The Hall–Kier alpha value is -1.72. The van der Waals surface area contributed by atoms with Crippen LogP contribution in [-0.4, -0.2) is 94.6 Å². The van der Waals surface area contributed by atoms with Crippen LogP contribution < -0.4 is 23.7 Å². The highest BCUT2D eigenvalue weighted by atomic mass is 35.5. The number of rotatable bonds is 8. The Morgan fingerprint density at radius 2 is 1.94 bits per heavy atom. The number of carbonyl (C=O) groups excluding carboxylic acids is 1. The van der Waals surface area contributed by atoms with Gasteiger partial charge in [0.2, 0.25) is 0 Å². The standard InChI is InChI=1S/C21H32N4O6.ClH/c1-15-13-24(21(29)22-20(15)28)18-12-16(17(14-26)30-18)31-19(27)4-2-3-8-25-9-5-23(6-10-25)7-11-25;/h13,16-18,26H,2-12,14H2,1H3;1H. The number of halogens is 1. The molecule has 3 unspecified atom stereocenters. The molecule has 0 spiro atoms. The molecule has 0 aromatic carbocycles. The van der Waals surface area contributed by atoms with E-state index in [1.807, 2.05) is 0 Å². The molecular formula is C21H33ClN4O6. The molecule has 4 aliphatic heterocycles. The minimum Gasteiger partial charge on any atom is -1.00 e. The predicted octanol–water partition coefficient (Wildman–Crippen LogP) is -3.64. The number of aliphatic hydroxyl groups excluding tert-OH is 1. The second kappa shape index (κ2) is 10.5. The van der Waals surface area contributed by atoms with Gasteiger partial charge in [0.05, 0.1) is 32.8 Å². The molecule has 0 aliphatic carbocycles. The van der Waals surface area contributed by atoms with Crippen LogP contribution in [0.3, 0.4) is 0 Å². The van der Waals surface area contributed by atoms with Gasteiger partial charge in [-0.05, 0) is 19.8 Å². The lowest BCUT2D eigenvalue weighted by Gasteiger charge is -2.50. The van der Waals surface area contributed by atoms with E-state index < -0.39 is 29.7 Å². The van der Waals surface area contributed by atoms with Gasteiger partial charge in [-0.15, -0.1) is 0 Å². The van der Waals surface area contributed by atoms with Crippen molar-refractivity contribution in [1.82, 2.24) is 14.5 Å². The molecule has 4 aliphatic rings. The van der Waals surface area contributed by atoms with Crippen LogP contribution in [0.4, 0.5) is 0 Å². The van der Waals surface area contributed by atoms with Crippen molar-refractivity contribution in [2.24, 2.45) is 0 Å². The quantitative estimate of drug-likeness (QED) is 0.228. The number of H-pyrrole nitrogens is 1. The fraction of sp³-hybridized carbons (Fsp3) is 0.762. The Labute approximate surface area is 193 Å². The summed E-state index contributed by atoms with van der Waals surface area (Å²) in [4.78, 5) is 40.9. The number of esters is 1. The first-order valence-electron chi connectivity index (χ1n) is 11.2. The molecule has 2 bridgehead atoms. The third-order valence-corrected chi connectivity index (χ3v) is 7.03. The number of fused-ring (bicyclic) bond motifs is 3. The average molecular weight is 473 g/mol. The summed E-state index contributed by atoms with van der Waals surface area (Å²) in [5.74, 6) is -0.304. The van der Waals surface area contributed by atoms with Gasteiger partial charge in [-0.3, -0.25) is 24.0 Å². The summed E-state index contributed by atoms with van der Waals surface area (Å²) in [6, 6.07) is 0. The molecule has 0 saturated carbocycles. The lowest BCUT2D eigenvalue weighted by Crippen LogP contribution is -3.00. The maximum Gasteiger partial charge on any atom is 0.330 e. The zero-order valence-corrected chi connectivity index (χ0v) is 19.3. The van der Waals surface area contributed by atoms with E-state index in [9.17, 15) is 19.5 Å². The Kier molecular flexibility index (Phi) is 8.16. The van der Waals surface area contributed by atoms with Gasteiger partial charge < -0.3 is 31.5 Å². The van der Waals surface area contributed by atoms with E-state index in [-0.39, 0.29) is 31.4 Å². The number of unbranched alkanes of at least 4 members (excludes halogenated alkanes) is 1. The number of carbonyl (C=O) groups is 1. The van der Waals surface area contributed by atoms with Gasteiger partial charge in [-0.25, -0.2) is 4.79 Å². The Balaban J connectivity index is 0.00000289. The molecule has 4 fully saturated rings. The highest BCUT2D eigenvalue weighted by molar-refractivity contribution is 5.69. The van der Waals surface area contributed by atoms with Crippen molar-refractivity contribution in [3.05, 3.63) is 32.6 Å². The fourth-order valence-electron chi connectivity index (χ4n) is 4.97. The summed E-state index contributed by atoms with van der Waals surface area (Å²) in [7, 11) is 0. The molecule has 10 nitrogen and oxygen atoms in total. The molecule has 4 saturated heterocycles. The lowest BCUT2D eigenvalue weighted by molar-refractivity contribution is -0.941. The number of aromatic amines is 1. The molecule has 5 rings (SSSR count). The summed E-state index contributed by atoms with van der Waals surface area (Å²) in [5.41, 5.74) is -0.654. The highest BCUT2D eigenvalue weighted by Crippen LogP contribution is 2.30. The topological polar surface area (TPSA) is 114 Å². The number of hydrogen-bond acceptors (Lipinski definition) is 7. The molecule has 1 aromatic heterocycles. The second-order valence-electron chi connectivity index (χ2n) is 9.09.